The molecule has 0 spiro atoms. The average Bonchev–Trinajstić information content (AvgIpc) is 2.65. The number of aromatic nitrogens is 2. The molecule has 1 aromatic rings. The highest BCUT2D eigenvalue weighted by Gasteiger charge is 2.14. The lowest BCUT2D eigenvalue weighted by Gasteiger charge is -2.19. The molecule has 1 rings (SSSR count). The van der Waals surface area contributed by atoms with Crippen LogP contribution in [0, 0.1) is 5.92 Å². The van der Waals surface area contributed by atoms with E-state index in [0.29, 0.717) is 6.04 Å². The van der Waals surface area contributed by atoms with Gasteiger partial charge in [0.25, 0.3) is 0 Å². The summed E-state index contributed by atoms with van der Waals surface area (Å²) in [6.45, 7) is 7.84. The van der Waals surface area contributed by atoms with Crippen LogP contribution >= 0.6 is 0 Å². The van der Waals surface area contributed by atoms with E-state index in [0.717, 1.165) is 12.5 Å². The van der Waals surface area contributed by atoms with Gasteiger partial charge in [-0.25, -0.2) is 0 Å². The van der Waals surface area contributed by atoms with Crippen LogP contribution in [-0.2, 0) is 7.05 Å². The lowest BCUT2D eigenvalue weighted by Crippen LogP contribution is -2.24. The second-order valence-corrected chi connectivity index (χ2v) is 4.86. The standard InChI is InChI=1S/C13H25N3/c1-5-9-14-12(7-6-11(2)3)13-8-10-15-16(13)4/h8,10-12,14H,5-7,9H2,1-4H3. The Balaban J connectivity index is 2.60. The molecule has 16 heavy (non-hydrogen) atoms. The third kappa shape index (κ3) is 3.97. The van der Waals surface area contributed by atoms with Crippen molar-refractivity contribution in [1.29, 1.82) is 0 Å². The quantitative estimate of drug-likeness (QED) is 0.770. The van der Waals surface area contributed by atoms with Crippen LogP contribution in [0.15, 0.2) is 12.3 Å². The van der Waals surface area contributed by atoms with Gasteiger partial charge in [0, 0.05) is 19.3 Å². The third-order valence-corrected chi connectivity index (χ3v) is 2.89. The van der Waals surface area contributed by atoms with E-state index >= 15 is 0 Å². The molecule has 0 saturated carbocycles. The Bertz CT molecular complexity index is 291. The minimum absolute atomic E-state index is 0.454. The second-order valence-electron chi connectivity index (χ2n) is 4.86. The van der Waals surface area contributed by atoms with Crippen molar-refractivity contribution < 1.29 is 0 Å². The number of nitrogens with one attached hydrogen (secondary N) is 1. The minimum Gasteiger partial charge on any atom is -0.309 e. The molecule has 0 fully saturated rings. The normalized spacial score (nSPS) is 13.3. The SMILES string of the molecule is CCCNC(CCC(C)C)c1ccnn1C. The van der Waals surface area contributed by atoms with Crippen LogP contribution in [0.2, 0.25) is 0 Å². The van der Waals surface area contributed by atoms with Gasteiger partial charge in [-0.2, -0.15) is 5.10 Å². The van der Waals surface area contributed by atoms with Gasteiger partial charge in [-0.05, 0) is 37.8 Å². The van der Waals surface area contributed by atoms with Crippen LogP contribution in [0.4, 0.5) is 0 Å². The molecule has 0 amide bonds. The monoisotopic (exact) mass is 223 g/mol. The molecule has 1 atom stereocenters. The van der Waals surface area contributed by atoms with Crippen molar-refractivity contribution in [2.45, 2.75) is 46.1 Å². The molecule has 0 aliphatic carbocycles. The van der Waals surface area contributed by atoms with Gasteiger partial charge in [-0.3, -0.25) is 4.68 Å². The van der Waals surface area contributed by atoms with Crippen molar-refractivity contribution >= 4 is 0 Å². The summed E-state index contributed by atoms with van der Waals surface area (Å²) in [5.74, 6) is 0.763. The predicted molar refractivity (Wildman–Crippen MR) is 68.3 cm³/mol. The molecule has 0 saturated heterocycles. The summed E-state index contributed by atoms with van der Waals surface area (Å²) in [5.41, 5.74) is 1.30. The van der Waals surface area contributed by atoms with Crippen LogP contribution in [0.1, 0.15) is 51.8 Å². The summed E-state index contributed by atoms with van der Waals surface area (Å²) >= 11 is 0. The number of nitrogens with zero attached hydrogens (tertiary/aromatic N) is 2. The summed E-state index contributed by atoms with van der Waals surface area (Å²) in [7, 11) is 2.02. The van der Waals surface area contributed by atoms with Gasteiger partial charge in [0.2, 0.25) is 0 Å². The molecule has 0 aliphatic rings. The number of rotatable bonds is 7. The summed E-state index contributed by atoms with van der Waals surface area (Å²) in [4.78, 5) is 0. The molecule has 1 aromatic heterocycles. The molecule has 1 unspecified atom stereocenters. The Labute approximate surface area is 99.2 Å². The Morgan fingerprint density at radius 2 is 2.12 bits per heavy atom. The fourth-order valence-electron chi connectivity index (χ4n) is 1.90. The van der Waals surface area contributed by atoms with Crippen LogP contribution < -0.4 is 5.32 Å². The lowest BCUT2D eigenvalue weighted by atomic mass is 10.0. The van der Waals surface area contributed by atoms with Crippen molar-refractivity contribution in [3.63, 3.8) is 0 Å². The van der Waals surface area contributed by atoms with Gasteiger partial charge in [0.15, 0.2) is 0 Å². The van der Waals surface area contributed by atoms with Gasteiger partial charge in [0.1, 0.15) is 0 Å². The zero-order valence-electron chi connectivity index (χ0n) is 11.0. The second kappa shape index (κ2) is 6.69. The molecular weight excluding hydrogens is 198 g/mol. The predicted octanol–water partition coefficient (Wildman–Crippen LogP) is 2.90. The largest absolute Gasteiger partial charge is 0.309 e. The van der Waals surface area contributed by atoms with Crippen LogP contribution in [-0.4, -0.2) is 16.3 Å². The van der Waals surface area contributed by atoms with E-state index in [4.69, 9.17) is 0 Å². The zero-order valence-corrected chi connectivity index (χ0v) is 11.0. The molecule has 92 valence electrons. The van der Waals surface area contributed by atoms with Crippen LogP contribution in [0.3, 0.4) is 0 Å². The Morgan fingerprint density at radius 1 is 1.38 bits per heavy atom. The molecule has 0 aromatic carbocycles. The van der Waals surface area contributed by atoms with Crippen molar-refractivity contribution in [2.75, 3.05) is 6.54 Å². The summed E-state index contributed by atoms with van der Waals surface area (Å²) in [6, 6.07) is 2.57. The fraction of sp³-hybridized carbons (Fsp3) is 0.769. The molecule has 3 heteroatoms. The molecule has 0 aliphatic heterocycles. The van der Waals surface area contributed by atoms with E-state index in [1.165, 1.54) is 25.0 Å². The molecule has 1 heterocycles. The third-order valence-electron chi connectivity index (χ3n) is 2.89. The summed E-state index contributed by atoms with van der Waals surface area (Å²) in [5, 5.41) is 7.86. The van der Waals surface area contributed by atoms with Gasteiger partial charge in [0.05, 0.1) is 5.69 Å². The van der Waals surface area contributed by atoms with Crippen molar-refractivity contribution in [3.8, 4) is 0 Å². The number of hydrogen-bond donors (Lipinski definition) is 1. The Morgan fingerprint density at radius 3 is 2.62 bits per heavy atom. The highest BCUT2D eigenvalue weighted by molar-refractivity contribution is 5.06. The van der Waals surface area contributed by atoms with Gasteiger partial charge < -0.3 is 5.32 Å². The van der Waals surface area contributed by atoms with Gasteiger partial charge in [-0.15, -0.1) is 0 Å². The molecular formula is C13H25N3. The van der Waals surface area contributed by atoms with E-state index in [1.54, 1.807) is 0 Å². The van der Waals surface area contributed by atoms with E-state index in [1.807, 2.05) is 17.9 Å². The lowest BCUT2D eigenvalue weighted by molar-refractivity contribution is 0.421. The maximum Gasteiger partial charge on any atom is 0.0550 e. The highest BCUT2D eigenvalue weighted by Crippen LogP contribution is 2.20. The van der Waals surface area contributed by atoms with E-state index in [-0.39, 0.29) is 0 Å². The maximum atomic E-state index is 4.25. The summed E-state index contributed by atoms with van der Waals surface area (Å²) < 4.78 is 1.98. The maximum absolute atomic E-state index is 4.25. The number of aryl methyl sites for hydroxylation is 1. The molecule has 0 radical (unpaired) electrons. The average molecular weight is 223 g/mol. The highest BCUT2D eigenvalue weighted by atomic mass is 15.3. The fourth-order valence-corrected chi connectivity index (χ4v) is 1.90. The summed E-state index contributed by atoms with van der Waals surface area (Å²) in [6.07, 6.45) is 5.51. The van der Waals surface area contributed by atoms with Gasteiger partial charge >= 0.3 is 0 Å². The molecule has 3 nitrogen and oxygen atoms in total. The Hall–Kier alpha value is -0.830. The van der Waals surface area contributed by atoms with Gasteiger partial charge in [-0.1, -0.05) is 20.8 Å². The molecule has 0 bridgehead atoms. The van der Waals surface area contributed by atoms with E-state index in [9.17, 15) is 0 Å². The Kier molecular flexibility index (Phi) is 5.53. The number of hydrogen-bond acceptors (Lipinski definition) is 2. The van der Waals surface area contributed by atoms with E-state index < -0.39 is 0 Å². The minimum atomic E-state index is 0.454. The molecule has 1 N–H and O–H groups in total. The topological polar surface area (TPSA) is 29.9 Å². The first-order chi connectivity index (χ1) is 7.65. The smallest absolute Gasteiger partial charge is 0.0550 e. The van der Waals surface area contributed by atoms with Crippen molar-refractivity contribution in [2.24, 2.45) is 13.0 Å². The van der Waals surface area contributed by atoms with Crippen molar-refractivity contribution in [3.05, 3.63) is 18.0 Å². The van der Waals surface area contributed by atoms with Crippen LogP contribution in [0.25, 0.3) is 0 Å². The van der Waals surface area contributed by atoms with E-state index in [2.05, 4.69) is 37.3 Å². The first-order valence-corrected chi connectivity index (χ1v) is 6.36. The zero-order chi connectivity index (χ0) is 12.0. The first kappa shape index (κ1) is 13.2. The van der Waals surface area contributed by atoms with Crippen LogP contribution in [0.5, 0.6) is 0 Å². The van der Waals surface area contributed by atoms with Crippen molar-refractivity contribution in [1.82, 2.24) is 15.1 Å². The first-order valence-electron chi connectivity index (χ1n) is 6.36.